The largest absolute Gasteiger partial charge is 0.399 e. The summed E-state index contributed by atoms with van der Waals surface area (Å²) in [7, 11) is 5.53. The van der Waals surface area contributed by atoms with E-state index >= 15 is 0 Å². The lowest BCUT2D eigenvalue weighted by molar-refractivity contribution is -0.107. The number of methoxy groups -OCH3 is 1. The predicted octanol–water partition coefficient (Wildman–Crippen LogP) is 1.33. The number of ether oxygens (including phenoxy) is 1. The Labute approximate surface area is 108 Å². The smallest absolute Gasteiger partial charge is 0.214 e. The second kappa shape index (κ2) is 6.86. The number of carbonyl (C=O) groups excluding carboxylic acids is 1. The highest BCUT2D eigenvalue weighted by molar-refractivity contribution is 5.85. The van der Waals surface area contributed by atoms with Crippen LogP contribution < -0.4 is 15.5 Å². The Hall–Kier alpha value is -1.75. The number of carbonyl (C=O) groups is 1. The molecule has 0 bridgehead atoms. The highest BCUT2D eigenvalue weighted by atomic mass is 16.5. The number of rotatable bonds is 7. The van der Waals surface area contributed by atoms with Crippen LogP contribution in [0.15, 0.2) is 18.2 Å². The average Bonchev–Trinajstić information content (AvgIpc) is 2.34. The third-order valence-corrected chi connectivity index (χ3v) is 2.67. The normalized spacial score (nSPS) is 10.2. The summed E-state index contributed by atoms with van der Waals surface area (Å²) in [5.74, 6) is 0. The highest BCUT2D eigenvalue weighted by Crippen LogP contribution is 2.29. The first-order chi connectivity index (χ1) is 8.60. The minimum atomic E-state index is 0.613. The fraction of sp³-hybridized carbons (Fsp3) is 0.462. The molecule has 0 aromatic heterocycles. The molecule has 1 aromatic carbocycles. The van der Waals surface area contributed by atoms with Gasteiger partial charge in [0.25, 0.3) is 0 Å². The third-order valence-electron chi connectivity index (χ3n) is 2.67. The van der Waals surface area contributed by atoms with E-state index in [1.54, 1.807) is 12.0 Å². The monoisotopic (exact) mass is 251 g/mol. The molecule has 100 valence electrons. The lowest BCUT2D eigenvalue weighted by atomic mass is 10.2. The Morgan fingerprint density at radius 1 is 1.33 bits per heavy atom. The molecular formula is C13H21N3O2. The molecule has 0 fully saturated rings. The van der Waals surface area contributed by atoms with Crippen molar-refractivity contribution in [3.63, 3.8) is 0 Å². The number of nitrogen functional groups attached to an aromatic ring is 1. The van der Waals surface area contributed by atoms with E-state index in [-0.39, 0.29) is 0 Å². The predicted molar refractivity (Wildman–Crippen MR) is 75.1 cm³/mol. The van der Waals surface area contributed by atoms with Gasteiger partial charge in [0.05, 0.1) is 11.4 Å². The summed E-state index contributed by atoms with van der Waals surface area (Å²) >= 11 is 0. The molecule has 5 heteroatoms. The van der Waals surface area contributed by atoms with Crippen LogP contribution in [0.25, 0.3) is 0 Å². The van der Waals surface area contributed by atoms with E-state index in [2.05, 4.69) is 0 Å². The maximum atomic E-state index is 11.2. The van der Waals surface area contributed by atoms with E-state index in [1.807, 2.05) is 37.2 Å². The van der Waals surface area contributed by atoms with Crippen LogP contribution in [-0.2, 0) is 9.53 Å². The zero-order valence-electron chi connectivity index (χ0n) is 11.2. The lowest BCUT2D eigenvalue weighted by Crippen LogP contribution is -2.26. The number of nitrogens with two attached hydrogens (primary N) is 1. The summed E-state index contributed by atoms with van der Waals surface area (Å²) in [6.45, 7) is 1.24. The van der Waals surface area contributed by atoms with Crippen molar-refractivity contribution in [2.24, 2.45) is 0 Å². The topological polar surface area (TPSA) is 58.8 Å². The minimum absolute atomic E-state index is 0.613. The second-order valence-electron chi connectivity index (χ2n) is 4.29. The Morgan fingerprint density at radius 3 is 2.61 bits per heavy atom. The molecule has 0 aliphatic heterocycles. The molecular weight excluding hydrogens is 230 g/mol. The first kappa shape index (κ1) is 14.3. The molecule has 0 radical (unpaired) electrons. The molecule has 0 unspecified atom stereocenters. The molecule has 18 heavy (non-hydrogen) atoms. The van der Waals surface area contributed by atoms with Gasteiger partial charge < -0.3 is 20.3 Å². The number of anilines is 3. The van der Waals surface area contributed by atoms with Crippen molar-refractivity contribution in [2.75, 3.05) is 49.9 Å². The van der Waals surface area contributed by atoms with Gasteiger partial charge >= 0.3 is 0 Å². The minimum Gasteiger partial charge on any atom is -0.399 e. The van der Waals surface area contributed by atoms with Crippen molar-refractivity contribution in [1.29, 1.82) is 0 Å². The first-order valence-corrected chi connectivity index (χ1v) is 5.88. The highest BCUT2D eigenvalue weighted by Gasteiger charge is 2.12. The van der Waals surface area contributed by atoms with E-state index in [9.17, 15) is 4.79 Å². The Bertz CT molecular complexity index is 394. The number of hydrogen-bond acceptors (Lipinski definition) is 4. The molecule has 0 aliphatic rings. The summed E-state index contributed by atoms with van der Waals surface area (Å²) in [4.78, 5) is 14.8. The SMILES string of the molecule is COCCCN(C=O)c1cc(N)ccc1N(C)C. The van der Waals surface area contributed by atoms with Crippen molar-refractivity contribution in [2.45, 2.75) is 6.42 Å². The fourth-order valence-corrected chi connectivity index (χ4v) is 1.76. The van der Waals surface area contributed by atoms with Crippen LogP contribution in [-0.4, -0.2) is 40.8 Å². The Morgan fingerprint density at radius 2 is 2.06 bits per heavy atom. The van der Waals surface area contributed by atoms with Gasteiger partial charge in [0.1, 0.15) is 0 Å². The quantitative estimate of drug-likeness (QED) is 0.451. The molecule has 0 atom stereocenters. The van der Waals surface area contributed by atoms with E-state index < -0.39 is 0 Å². The molecule has 2 N–H and O–H groups in total. The number of benzene rings is 1. The zero-order chi connectivity index (χ0) is 13.5. The fourth-order valence-electron chi connectivity index (χ4n) is 1.76. The maximum Gasteiger partial charge on any atom is 0.214 e. The lowest BCUT2D eigenvalue weighted by Gasteiger charge is -2.24. The summed E-state index contributed by atoms with van der Waals surface area (Å²) in [6, 6.07) is 5.56. The van der Waals surface area contributed by atoms with Crippen molar-refractivity contribution in [3.8, 4) is 0 Å². The van der Waals surface area contributed by atoms with Crippen molar-refractivity contribution < 1.29 is 9.53 Å². The van der Waals surface area contributed by atoms with Crippen LogP contribution in [0.1, 0.15) is 6.42 Å². The van der Waals surface area contributed by atoms with Crippen LogP contribution in [0.3, 0.4) is 0 Å². The van der Waals surface area contributed by atoms with Gasteiger partial charge in [-0.05, 0) is 24.6 Å². The number of hydrogen-bond donors (Lipinski definition) is 1. The van der Waals surface area contributed by atoms with Crippen molar-refractivity contribution in [1.82, 2.24) is 0 Å². The second-order valence-corrected chi connectivity index (χ2v) is 4.29. The van der Waals surface area contributed by atoms with Crippen LogP contribution in [0.2, 0.25) is 0 Å². The number of nitrogens with zero attached hydrogens (tertiary/aromatic N) is 2. The molecule has 0 saturated carbocycles. The van der Waals surface area contributed by atoms with E-state index in [0.717, 1.165) is 24.2 Å². The van der Waals surface area contributed by atoms with Gasteiger partial charge in [-0.2, -0.15) is 0 Å². The summed E-state index contributed by atoms with van der Waals surface area (Å²) in [5.41, 5.74) is 8.23. The summed E-state index contributed by atoms with van der Waals surface area (Å²) in [6.07, 6.45) is 1.62. The molecule has 1 rings (SSSR count). The van der Waals surface area contributed by atoms with E-state index in [4.69, 9.17) is 10.5 Å². The summed E-state index contributed by atoms with van der Waals surface area (Å²) < 4.78 is 5.00. The van der Waals surface area contributed by atoms with Crippen LogP contribution >= 0.6 is 0 Å². The molecule has 1 aromatic rings. The molecule has 0 aliphatic carbocycles. The van der Waals surface area contributed by atoms with E-state index in [1.165, 1.54) is 0 Å². The first-order valence-electron chi connectivity index (χ1n) is 5.88. The molecule has 5 nitrogen and oxygen atoms in total. The van der Waals surface area contributed by atoms with Gasteiger partial charge in [-0.15, -0.1) is 0 Å². The maximum absolute atomic E-state index is 11.2. The van der Waals surface area contributed by atoms with Crippen molar-refractivity contribution >= 4 is 23.5 Å². The third kappa shape index (κ3) is 3.63. The zero-order valence-corrected chi connectivity index (χ0v) is 11.2. The van der Waals surface area contributed by atoms with Crippen LogP contribution in [0, 0.1) is 0 Å². The summed E-state index contributed by atoms with van der Waals surface area (Å²) in [5, 5.41) is 0. The molecule has 0 spiro atoms. The molecule has 1 amide bonds. The van der Waals surface area contributed by atoms with Gasteiger partial charge in [0.2, 0.25) is 6.41 Å². The number of amides is 1. The van der Waals surface area contributed by atoms with Crippen LogP contribution in [0.5, 0.6) is 0 Å². The van der Waals surface area contributed by atoms with Crippen molar-refractivity contribution in [3.05, 3.63) is 18.2 Å². The van der Waals surface area contributed by atoms with E-state index in [0.29, 0.717) is 18.8 Å². The molecule has 0 saturated heterocycles. The van der Waals surface area contributed by atoms with Gasteiger partial charge in [-0.3, -0.25) is 4.79 Å². The van der Waals surface area contributed by atoms with Gasteiger partial charge in [0, 0.05) is 40.0 Å². The standard InChI is InChI=1S/C13H21N3O2/c1-15(2)12-6-5-11(14)9-13(12)16(10-17)7-4-8-18-3/h5-6,9-10H,4,7-8,14H2,1-3H3. The molecule has 0 heterocycles. The van der Waals surface area contributed by atoms with Crippen LogP contribution in [0.4, 0.5) is 17.1 Å². The average molecular weight is 251 g/mol. The Balaban J connectivity index is 2.95. The van der Waals surface area contributed by atoms with Gasteiger partial charge in [-0.25, -0.2) is 0 Å². The van der Waals surface area contributed by atoms with Gasteiger partial charge in [-0.1, -0.05) is 0 Å². The Kier molecular flexibility index (Phi) is 5.45. The van der Waals surface area contributed by atoms with Gasteiger partial charge in [0.15, 0.2) is 0 Å².